The summed E-state index contributed by atoms with van der Waals surface area (Å²) in [5.41, 5.74) is 0. The summed E-state index contributed by atoms with van der Waals surface area (Å²) in [7, 11) is 1.36. The summed E-state index contributed by atoms with van der Waals surface area (Å²) in [4.78, 5) is 24.9. The molecule has 0 aliphatic heterocycles. The number of nitrogens with zero attached hydrogens (tertiary/aromatic N) is 1. The van der Waals surface area contributed by atoms with Crippen molar-refractivity contribution in [1.29, 1.82) is 0 Å². The molecule has 0 spiro atoms. The zero-order valence-corrected chi connectivity index (χ0v) is 13.5. The normalized spacial score (nSPS) is 12.7. The Morgan fingerprint density at radius 3 is 2.17 bits per heavy atom. The number of methoxy groups -OCH3 is 1. The van der Waals surface area contributed by atoms with E-state index in [2.05, 4.69) is 34.5 Å². The lowest BCUT2D eigenvalue weighted by Crippen LogP contribution is -2.42. The predicted octanol–water partition coefficient (Wildman–Crippen LogP) is 2.45. The Bertz CT molecular complexity index is 279. The summed E-state index contributed by atoms with van der Waals surface area (Å²) in [5.74, 6) is 0.360. The molecule has 5 heteroatoms. The van der Waals surface area contributed by atoms with Gasteiger partial charge in [-0.25, -0.2) is 0 Å². The van der Waals surface area contributed by atoms with Crippen LogP contribution in [-0.2, 0) is 14.3 Å². The van der Waals surface area contributed by atoms with Crippen molar-refractivity contribution in [1.82, 2.24) is 4.90 Å². The lowest BCUT2D eigenvalue weighted by Gasteiger charge is -2.27. The van der Waals surface area contributed by atoms with Crippen LogP contribution in [0.4, 0.5) is 0 Å². The SMILES string of the molecule is COC(=O)CCN(CC(C)C)C(=O)C(Br)C(C)C. The molecule has 106 valence electrons. The van der Waals surface area contributed by atoms with E-state index in [9.17, 15) is 9.59 Å². The molecule has 0 saturated heterocycles. The second-order valence-corrected chi connectivity index (χ2v) is 6.14. The molecular weight excluding hydrogens is 298 g/mol. The third-order valence-corrected chi connectivity index (χ3v) is 3.98. The van der Waals surface area contributed by atoms with Crippen LogP contribution in [0, 0.1) is 11.8 Å². The molecule has 0 aliphatic carbocycles. The van der Waals surface area contributed by atoms with Crippen LogP contribution in [0.5, 0.6) is 0 Å². The zero-order valence-electron chi connectivity index (χ0n) is 11.9. The largest absolute Gasteiger partial charge is 0.469 e. The number of esters is 1. The van der Waals surface area contributed by atoms with E-state index in [1.807, 2.05) is 13.8 Å². The number of rotatable bonds is 7. The van der Waals surface area contributed by atoms with Gasteiger partial charge in [-0.1, -0.05) is 43.6 Å². The molecule has 1 amide bonds. The van der Waals surface area contributed by atoms with Crippen molar-refractivity contribution in [2.45, 2.75) is 38.9 Å². The molecule has 0 fully saturated rings. The van der Waals surface area contributed by atoms with Gasteiger partial charge in [0.2, 0.25) is 5.91 Å². The van der Waals surface area contributed by atoms with Crippen molar-refractivity contribution >= 4 is 27.8 Å². The fraction of sp³-hybridized carbons (Fsp3) is 0.846. The summed E-state index contributed by atoms with van der Waals surface area (Å²) in [6.07, 6.45) is 0.243. The van der Waals surface area contributed by atoms with Crippen LogP contribution in [-0.4, -0.2) is 41.8 Å². The van der Waals surface area contributed by atoms with Crippen LogP contribution in [0.3, 0.4) is 0 Å². The van der Waals surface area contributed by atoms with E-state index in [1.54, 1.807) is 4.90 Å². The monoisotopic (exact) mass is 321 g/mol. The minimum Gasteiger partial charge on any atom is -0.469 e. The highest BCUT2D eigenvalue weighted by atomic mass is 79.9. The maximum atomic E-state index is 12.2. The zero-order chi connectivity index (χ0) is 14.3. The van der Waals surface area contributed by atoms with Gasteiger partial charge in [-0.3, -0.25) is 9.59 Å². The van der Waals surface area contributed by atoms with E-state index < -0.39 is 0 Å². The Hall–Kier alpha value is -0.580. The van der Waals surface area contributed by atoms with Crippen LogP contribution in [0.15, 0.2) is 0 Å². The molecule has 4 nitrogen and oxygen atoms in total. The van der Waals surface area contributed by atoms with E-state index >= 15 is 0 Å². The van der Waals surface area contributed by atoms with E-state index in [0.717, 1.165) is 0 Å². The first-order valence-electron chi connectivity index (χ1n) is 6.29. The average Bonchev–Trinajstić information content (AvgIpc) is 2.31. The fourth-order valence-corrected chi connectivity index (χ4v) is 1.81. The van der Waals surface area contributed by atoms with Gasteiger partial charge in [0.25, 0.3) is 0 Å². The lowest BCUT2D eigenvalue weighted by molar-refractivity contribution is -0.141. The second kappa shape index (κ2) is 8.51. The molecule has 0 bridgehead atoms. The van der Waals surface area contributed by atoms with Gasteiger partial charge in [-0.05, 0) is 11.8 Å². The fourth-order valence-electron chi connectivity index (χ4n) is 1.52. The summed E-state index contributed by atoms with van der Waals surface area (Å²) >= 11 is 3.41. The maximum Gasteiger partial charge on any atom is 0.307 e. The Morgan fingerprint density at radius 1 is 1.22 bits per heavy atom. The molecule has 0 aromatic carbocycles. The first kappa shape index (κ1) is 17.4. The van der Waals surface area contributed by atoms with E-state index in [-0.39, 0.29) is 29.0 Å². The van der Waals surface area contributed by atoms with Crippen molar-refractivity contribution in [2.75, 3.05) is 20.2 Å². The van der Waals surface area contributed by atoms with Crippen molar-refractivity contribution in [2.24, 2.45) is 11.8 Å². The van der Waals surface area contributed by atoms with Crippen LogP contribution in [0.1, 0.15) is 34.1 Å². The molecule has 0 aromatic rings. The number of carbonyl (C=O) groups excluding carboxylic acids is 2. The standard InChI is InChI=1S/C13H24BrNO3/c1-9(2)8-15(7-6-11(16)18-5)13(17)12(14)10(3)4/h9-10,12H,6-8H2,1-5H3. The van der Waals surface area contributed by atoms with Crippen LogP contribution in [0.2, 0.25) is 0 Å². The number of ether oxygens (including phenoxy) is 1. The number of hydrogen-bond acceptors (Lipinski definition) is 3. The molecule has 0 aliphatic rings. The van der Waals surface area contributed by atoms with Gasteiger partial charge in [0.1, 0.15) is 0 Å². The van der Waals surface area contributed by atoms with Crippen molar-refractivity contribution in [3.8, 4) is 0 Å². The van der Waals surface area contributed by atoms with Gasteiger partial charge in [-0.2, -0.15) is 0 Å². The molecule has 1 unspecified atom stereocenters. The highest BCUT2D eigenvalue weighted by Gasteiger charge is 2.25. The molecule has 0 rings (SSSR count). The summed E-state index contributed by atoms with van der Waals surface area (Å²) in [6, 6.07) is 0. The van der Waals surface area contributed by atoms with Crippen LogP contribution >= 0.6 is 15.9 Å². The highest BCUT2D eigenvalue weighted by Crippen LogP contribution is 2.16. The molecule has 0 saturated carbocycles. The molecule has 1 atom stereocenters. The first-order valence-corrected chi connectivity index (χ1v) is 7.20. The molecule has 0 radical (unpaired) electrons. The van der Waals surface area contributed by atoms with Crippen molar-refractivity contribution < 1.29 is 14.3 Å². The number of halogens is 1. The minimum absolute atomic E-state index is 0.0441. The van der Waals surface area contributed by atoms with Gasteiger partial charge in [0, 0.05) is 13.1 Å². The van der Waals surface area contributed by atoms with Gasteiger partial charge in [0.05, 0.1) is 18.4 Å². The third kappa shape index (κ3) is 6.38. The van der Waals surface area contributed by atoms with E-state index in [1.165, 1.54) is 7.11 Å². The van der Waals surface area contributed by atoms with E-state index in [0.29, 0.717) is 19.0 Å². The number of carbonyl (C=O) groups is 2. The summed E-state index contributed by atoms with van der Waals surface area (Å²) in [6.45, 7) is 9.16. The maximum absolute atomic E-state index is 12.2. The Morgan fingerprint density at radius 2 is 1.78 bits per heavy atom. The Balaban J connectivity index is 4.56. The smallest absolute Gasteiger partial charge is 0.307 e. The predicted molar refractivity (Wildman–Crippen MR) is 75.6 cm³/mol. The highest BCUT2D eigenvalue weighted by molar-refractivity contribution is 9.10. The first-order chi connectivity index (χ1) is 8.29. The Labute approximate surface area is 118 Å². The van der Waals surface area contributed by atoms with Crippen LogP contribution in [0.25, 0.3) is 0 Å². The van der Waals surface area contributed by atoms with Gasteiger partial charge in [0.15, 0.2) is 0 Å². The third-order valence-electron chi connectivity index (χ3n) is 2.53. The van der Waals surface area contributed by atoms with Crippen molar-refractivity contribution in [3.05, 3.63) is 0 Å². The number of alkyl halides is 1. The molecule has 0 aromatic heterocycles. The topological polar surface area (TPSA) is 46.6 Å². The van der Waals surface area contributed by atoms with Crippen molar-refractivity contribution in [3.63, 3.8) is 0 Å². The Kier molecular flexibility index (Phi) is 8.24. The van der Waals surface area contributed by atoms with Gasteiger partial charge < -0.3 is 9.64 Å². The molecular formula is C13H24BrNO3. The van der Waals surface area contributed by atoms with Gasteiger partial charge in [-0.15, -0.1) is 0 Å². The minimum atomic E-state index is -0.285. The molecule has 0 N–H and O–H groups in total. The number of hydrogen-bond donors (Lipinski definition) is 0. The quantitative estimate of drug-likeness (QED) is 0.534. The van der Waals surface area contributed by atoms with Crippen LogP contribution < -0.4 is 0 Å². The summed E-state index contributed by atoms with van der Waals surface area (Å²) in [5, 5.41) is 0. The van der Waals surface area contributed by atoms with Gasteiger partial charge >= 0.3 is 5.97 Å². The van der Waals surface area contributed by atoms with E-state index in [4.69, 9.17) is 0 Å². The lowest BCUT2D eigenvalue weighted by atomic mass is 10.1. The number of amides is 1. The average molecular weight is 322 g/mol. The molecule has 18 heavy (non-hydrogen) atoms. The molecule has 0 heterocycles. The summed E-state index contributed by atoms with van der Waals surface area (Å²) < 4.78 is 4.60. The second-order valence-electron chi connectivity index (χ2n) is 5.15.